The molecular weight excluding hydrogens is 188 g/mol. The van der Waals surface area contributed by atoms with Gasteiger partial charge in [-0.3, -0.25) is 4.98 Å². The van der Waals surface area contributed by atoms with E-state index < -0.39 is 0 Å². The van der Waals surface area contributed by atoms with Crippen molar-refractivity contribution in [3.8, 4) is 0 Å². The van der Waals surface area contributed by atoms with Gasteiger partial charge in [-0.25, -0.2) is 5.90 Å². The molecule has 0 saturated carbocycles. The molecule has 0 radical (unpaired) electrons. The first-order chi connectivity index (χ1) is 7.33. The fourth-order valence-corrected chi connectivity index (χ4v) is 1.78. The van der Waals surface area contributed by atoms with Crippen molar-refractivity contribution in [3.63, 3.8) is 0 Å². The summed E-state index contributed by atoms with van der Waals surface area (Å²) in [4.78, 5) is 9.00. The molecule has 3 heteroatoms. The van der Waals surface area contributed by atoms with Crippen molar-refractivity contribution in [2.75, 3.05) is 6.61 Å². The number of hydrogen-bond acceptors (Lipinski definition) is 3. The van der Waals surface area contributed by atoms with E-state index in [1.807, 2.05) is 30.5 Å². The fourth-order valence-electron chi connectivity index (χ4n) is 1.78. The Kier molecular flexibility index (Phi) is 2.94. The normalized spacial score (nSPS) is 12.9. The lowest BCUT2D eigenvalue weighted by molar-refractivity contribution is 0.127. The SMILES string of the molecule is CC(CON)c1ccnc2ccccc12. The van der Waals surface area contributed by atoms with Crippen LogP contribution in [0, 0.1) is 0 Å². The highest BCUT2D eigenvalue weighted by molar-refractivity contribution is 5.82. The monoisotopic (exact) mass is 202 g/mol. The summed E-state index contributed by atoms with van der Waals surface area (Å²) in [5, 5.41) is 1.17. The van der Waals surface area contributed by atoms with E-state index in [1.165, 1.54) is 10.9 Å². The minimum absolute atomic E-state index is 0.280. The molecule has 1 atom stereocenters. The molecule has 3 nitrogen and oxygen atoms in total. The number of nitrogens with zero attached hydrogens (tertiary/aromatic N) is 1. The minimum atomic E-state index is 0.280. The molecule has 1 heterocycles. The quantitative estimate of drug-likeness (QED) is 0.776. The molecule has 0 aliphatic heterocycles. The van der Waals surface area contributed by atoms with Gasteiger partial charge in [-0.1, -0.05) is 25.1 Å². The van der Waals surface area contributed by atoms with Crippen LogP contribution in [0.1, 0.15) is 18.4 Å². The van der Waals surface area contributed by atoms with E-state index in [0.717, 1.165) is 5.52 Å². The molecule has 0 amide bonds. The summed E-state index contributed by atoms with van der Waals surface area (Å²) in [6.07, 6.45) is 1.82. The zero-order chi connectivity index (χ0) is 10.7. The van der Waals surface area contributed by atoms with Crippen molar-refractivity contribution in [1.29, 1.82) is 0 Å². The second-order valence-electron chi connectivity index (χ2n) is 3.65. The van der Waals surface area contributed by atoms with E-state index in [1.54, 1.807) is 0 Å². The highest BCUT2D eigenvalue weighted by Crippen LogP contribution is 2.23. The third-order valence-electron chi connectivity index (χ3n) is 2.56. The van der Waals surface area contributed by atoms with Crippen molar-refractivity contribution in [2.24, 2.45) is 5.90 Å². The van der Waals surface area contributed by atoms with Crippen molar-refractivity contribution in [1.82, 2.24) is 4.98 Å². The molecule has 0 fully saturated rings. The van der Waals surface area contributed by atoms with Gasteiger partial charge in [0.15, 0.2) is 0 Å². The Labute approximate surface area is 88.8 Å². The summed E-state index contributed by atoms with van der Waals surface area (Å²) in [6.45, 7) is 2.61. The van der Waals surface area contributed by atoms with Crippen molar-refractivity contribution >= 4 is 10.9 Å². The van der Waals surface area contributed by atoms with Gasteiger partial charge >= 0.3 is 0 Å². The standard InChI is InChI=1S/C12H14N2O/c1-9(8-15-13)10-6-7-14-12-5-3-2-4-11(10)12/h2-7,9H,8,13H2,1H3. The summed E-state index contributed by atoms with van der Waals surface area (Å²) >= 11 is 0. The number of pyridine rings is 1. The third kappa shape index (κ3) is 1.98. The molecular formula is C12H14N2O. The van der Waals surface area contributed by atoms with Gasteiger partial charge in [0.2, 0.25) is 0 Å². The first-order valence-electron chi connectivity index (χ1n) is 4.98. The number of aromatic nitrogens is 1. The number of fused-ring (bicyclic) bond motifs is 1. The maximum Gasteiger partial charge on any atom is 0.0745 e. The number of rotatable bonds is 3. The van der Waals surface area contributed by atoms with Gasteiger partial charge in [0.05, 0.1) is 12.1 Å². The van der Waals surface area contributed by atoms with Crippen molar-refractivity contribution in [3.05, 3.63) is 42.1 Å². The number of benzene rings is 1. The molecule has 0 saturated heterocycles. The largest absolute Gasteiger partial charge is 0.304 e. The summed E-state index contributed by atoms with van der Waals surface area (Å²) in [7, 11) is 0. The second-order valence-corrected chi connectivity index (χ2v) is 3.65. The van der Waals surface area contributed by atoms with Crippen molar-refractivity contribution in [2.45, 2.75) is 12.8 Å². The molecule has 0 bridgehead atoms. The van der Waals surface area contributed by atoms with E-state index in [-0.39, 0.29) is 5.92 Å². The van der Waals surface area contributed by atoms with E-state index >= 15 is 0 Å². The van der Waals surface area contributed by atoms with Crippen molar-refractivity contribution < 1.29 is 4.84 Å². The Morgan fingerprint density at radius 3 is 2.93 bits per heavy atom. The Balaban J connectivity index is 2.50. The van der Waals surface area contributed by atoms with E-state index in [2.05, 4.69) is 22.8 Å². The Morgan fingerprint density at radius 1 is 1.33 bits per heavy atom. The zero-order valence-corrected chi connectivity index (χ0v) is 8.68. The molecule has 0 aliphatic rings. The van der Waals surface area contributed by atoms with Crippen LogP contribution in [0.25, 0.3) is 10.9 Å². The van der Waals surface area contributed by atoms with Gasteiger partial charge in [-0.05, 0) is 17.7 Å². The third-order valence-corrected chi connectivity index (χ3v) is 2.56. The van der Waals surface area contributed by atoms with Gasteiger partial charge < -0.3 is 4.84 Å². The van der Waals surface area contributed by atoms with Crippen LogP contribution in [0.3, 0.4) is 0 Å². The number of hydrogen-bond donors (Lipinski definition) is 1. The van der Waals surface area contributed by atoms with Gasteiger partial charge in [-0.2, -0.15) is 0 Å². The van der Waals surface area contributed by atoms with Crippen LogP contribution in [-0.4, -0.2) is 11.6 Å². The molecule has 2 N–H and O–H groups in total. The summed E-state index contributed by atoms with van der Waals surface area (Å²) in [6, 6.07) is 10.1. The van der Waals surface area contributed by atoms with E-state index in [4.69, 9.17) is 5.90 Å². The zero-order valence-electron chi connectivity index (χ0n) is 8.68. The topological polar surface area (TPSA) is 48.1 Å². The van der Waals surface area contributed by atoms with Crippen LogP contribution in [0.15, 0.2) is 36.5 Å². The van der Waals surface area contributed by atoms with Crippen LogP contribution in [0.4, 0.5) is 0 Å². The minimum Gasteiger partial charge on any atom is -0.304 e. The summed E-state index contributed by atoms with van der Waals surface area (Å²) < 4.78 is 0. The molecule has 1 aromatic heterocycles. The second kappa shape index (κ2) is 4.38. The molecule has 0 spiro atoms. The van der Waals surface area contributed by atoms with Gasteiger partial charge in [0.25, 0.3) is 0 Å². The highest BCUT2D eigenvalue weighted by atomic mass is 16.6. The lowest BCUT2D eigenvalue weighted by Crippen LogP contribution is -2.09. The first kappa shape index (κ1) is 10.1. The predicted octanol–water partition coefficient (Wildman–Crippen LogP) is 2.23. The maximum atomic E-state index is 5.10. The predicted molar refractivity (Wildman–Crippen MR) is 60.3 cm³/mol. The van der Waals surface area contributed by atoms with Crippen LogP contribution in [0.2, 0.25) is 0 Å². The molecule has 15 heavy (non-hydrogen) atoms. The molecule has 78 valence electrons. The Hall–Kier alpha value is -1.45. The van der Waals surface area contributed by atoms with Gasteiger partial charge in [0, 0.05) is 17.5 Å². The van der Waals surface area contributed by atoms with Crippen LogP contribution in [-0.2, 0) is 4.84 Å². The van der Waals surface area contributed by atoms with Gasteiger partial charge in [0.1, 0.15) is 0 Å². The fraction of sp³-hybridized carbons (Fsp3) is 0.250. The maximum absolute atomic E-state index is 5.10. The lowest BCUT2D eigenvalue weighted by Gasteiger charge is -2.12. The smallest absolute Gasteiger partial charge is 0.0745 e. The first-order valence-corrected chi connectivity index (χ1v) is 4.98. The molecule has 0 aliphatic carbocycles. The Morgan fingerprint density at radius 2 is 2.13 bits per heavy atom. The summed E-state index contributed by atoms with van der Waals surface area (Å²) in [5.41, 5.74) is 2.24. The lowest BCUT2D eigenvalue weighted by atomic mass is 9.98. The van der Waals surface area contributed by atoms with Crippen LogP contribution >= 0.6 is 0 Å². The Bertz CT molecular complexity index is 451. The van der Waals surface area contributed by atoms with Crippen LogP contribution in [0.5, 0.6) is 0 Å². The summed E-state index contributed by atoms with van der Waals surface area (Å²) in [5.74, 6) is 5.38. The molecule has 2 rings (SSSR count). The molecule has 1 aromatic carbocycles. The molecule has 1 unspecified atom stereocenters. The van der Waals surface area contributed by atoms with Gasteiger partial charge in [-0.15, -0.1) is 0 Å². The average molecular weight is 202 g/mol. The van der Waals surface area contributed by atoms with Crippen LogP contribution < -0.4 is 5.90 Å². The number of para-hydroxylation sites is 1. The highest BCUT2D eigenvalue weighted by Gasteiger charge is 2.09. The average Bonchev–Trinajstić information content (AvgIpc) is 2.28. The van der Waals surface area contributed by atoms with E-state index in [9.17, 15) is 0 Å². The molecule has 2 aromatic rings. The number of nitrogens with two attached hydrogens (primary N) is 1. The van der Waals surface area contributed by atoms with E-state index in [0.29, 0.717) is 6.61 Å².